The lowest BCUT2D eigenvalue weighted by atomic mass is 10.0. The van der Waals surface area contributed by atoms with Crippen LogP contribution in [0.3, 0.4) is 0 Å². The number of carbonyl (C=O) groups is 2. The molecule has 0 spiro atoms. The molecule has 0 bridgehead atoms. The number of nitrogens with zero attached hydrogens (tertiary/aromatic N) is 1. The first kappa shape index (κ1) is 21.4. The highest BCUT2D eigenvalue weighted by Gasteiger charge is 2.15. The molecule has 5 nitrogen and oxygen atoms in total. The van der Waals surface area contributed by atoms with Crippen molar-refractivity contribution in [3.8, 4) is 0 Å². The first-order valence-electron chi connectivity index (χ1n) is 9.43. The van der Waals surface area contributed by atoms with E-state index in [1.807, 2.05) is 37.3 Å². The summed E-state index contributed by atoms with van der Waals surface area (Å²) in [7, 11) is 0. The highest BCUT2D eigenvalue weighted by atomic mass is 32.1. The number of anilines is 2. The highest BCUT2D eigenvalue weighted by molar-refractivity contribution is 7.82. The van der Waals surface area contributed by atoms with Crippen molar-refractivity contribution in [2.24, 2.45) is 0 Å². The van der Waals surface area contributed by atoms with E-state index in [2.05, 4.69) is 23.4 Å². The number of rotatable bonds is 6. The second-order valence-electron chi connectivity index (χ2n) is 6.79. The van der Waals surface area contributed by atoms with Gasteiger partial charge in [-0.25, -0.2) is 13.5 Å². The van der Waals surface area contributed by atoms with Crippen LogP contribution >= 0.6 is 12.8 Å². The van der Waals surface area contributed by atoms with Gasteiger partial charge in [0.1, 0.15) is 5.82 Å². The van der Waals surface area contributed by atoms with Crippen LogP contribution in [0.1, 0.15) is 28.8 Å². The van der Waals surface area contributed by atoms with Crippen LogP contribution in [-0.4, -0.2) is 18.5 Å². The fourth-order valence-corrected chi connectivity index (χ4v) is 3.07. The molecule has 1 atom stereocenters. The maximum absolute atomic E-state index is 13.7. The van der Waals surface area contributed by atoms with Crippen molar-refractivity contribution >= 4 is 36.1 Å². The van der Waals surface area contributed by atoms with E-state index in [1.54, 1.807) is 30.3 Å². The van der Waals surface area contributed by atoms with Gasteiger partial charge in [-0.15, -0.1) is 0 Å². The van der Waals surface area contributed by atoms with Gasteiger partial charge in [-0.3, -0.25) is 4.79 Å². The Morgan fingerprint density at radius 3 is 2.27 bits per heavy atom. The molecule has 154 valence electrons. The molecule has 7 heteroatoms. The highest BCUT2D eigenvalue weighted by Crippen LogP contribution is 2.21. The van der Waals surface area contributed by atoms with Crippen LogP contribution in [0.2, 0.25) is 0 Å². The molecular formula is C23H22FN3O2S. The summed E-state index contributed by atoms with van der Waals surface area (Å²) in [5.74, 6) is -0.973. The summed E-state index contributed by atoms with van der Waals surface area (Å²) in [5, 5.41) is 5.48. The number of carbonyl (C=O) groups excluding carboxylic acids is 2. The smallest absolute Gasteiger partial charge is 0.331 e. The van der Waals surface area contributed by atoms with E-state index >= 15 is 0 Å². The number of amides is 3. The minimum atomic E-state index is -0.588. The number of nitrogens with one attached hydrogen (secondary N) is 2. The average molecular weight is 424 g/mol. The molecule has 0 aliphatic rings. The number of benzene rings is 3. The van der Waals surface area contributed by atoms with Crippen molar-refractivity contribution in [2.45, 2.75) is 12.8 Å². The van der Waals surface area contributed by atoms with E-state index in [4.69, 9.17) is 0 Å². The summed E-state index contributed by atoms with van der Waals surface area (Å²) < 4.78 is 14.9. The van der Waals surface area contributed by atoms with Gasteiger partial charge in [-0.05, 0) is 47.9 Å². The molecule has 30 heavy (non-hydrogen) atoms. The Hall–Kier alpha value is -3.32. The normalized spacial score (nSPS) is 11.4. The summed E-state index contributed by atoms with van der Waals surface area (Å²) in [4.78, 5) is 24.6. The van der Waals surface area contributed by atoms with Crippen LogP contribution in [0.25, 0.3) is 0 Å². The molecule has 0 fully saturated rings. The monoisotopic (exact) mass is 423 g/mol. The standard InChI is InChI=1S/C23H22FN3O2S/c1-16(17-7-3-2-4-8-17)15-25-23(29)27(30)19-13-11-18(12-14-19)26-22(28)20-9-5-6-10-21(20)24/h2-14,16,30H,15H2,1H3,(H,25,29)(H,26,28). The minimum absolute atomic E-state index is 0.0377. The maximum atomic E-state index is 13.7. The molecule has 3 aromatic rings. The first-order valence-corrected chi connectivity index (χ1v) is 9.83. The number of urea groups is 1. The second kappa shape index (κ2) is 9.93. The Morgan fingerprint density at radius 1 is 0.967 bits per heavy atom. The van der Waals surface area contributed by atoms with Crippen LogP contribution in [0, 0.1) is 5.82 Å². The molecule has 0 aliphatic heterocycles. The quantitative estimate of drug-likeness (QED) is 0.475. The Bertz CT molecular complexity index is 1010. The SMILES string of the molecule is CC(CNC(=O)N(S)c1ccc(NC(=O)c2ccccc2F)cc1)c1ccccc1. The van der Waals surface area contributed by atoms with Crippen LogP contribution in [0.15, 0.2) is 78.9 Å². The summed E-state index contributed by atoms with van der Waals surface area (Å²) in [6.07, 6.45) is 0. The lowest BCUT2D eigenvalue weighted by molar-refractivity contribution is 0.102. The van der Waals surface area contributed by atoms with Crippen molar-refractivity contribution < 1.29 is 14.0 Å². The average Bonchev–Trinajstić information content (AvgIpc) is 2.78. The summed E-state index contributed by atoms with van der Waals surface area (Å²) >= 11 is 4.26. The van der Waals surface area contributed by atoms with Gasteiger partial charge in [-0.1, -0.05) is 62.2 Å². The Balaban J connectivity index is 1.56. The van der Waals surface area contributed by atoms with Crippen molar-refractivity contribution in [1.29, 1.82) is 0 Å². The molecule has 3 rings (SSSR count). The zero-order chi connectivity index (χ0) is 21.5. The largest absolute Gasteiger partial charge is 0.336 e. The van der Waals surface area contributed by atoms with E-state index in [0.717, 1.165) is 5.56 Å². The molecule has 0 aliphatic carbocycles. The van der Waals surface area contributed by atoms with Gasteiger partial charge in [0.25, 0.3) is 5.91 Å². The number of hydrogen-bond donors (Lipinski definition) is 3. The molecule has 2 N–H and O–H groups in total. The lowest BCUT2D eigenvalue weighted by Gasteiger charge is -2.19. The van der Waals surface area contributed by atoms with E-state index in [-0.39, 0.29) is 17.5 Å². The molecule has 0 saturated carbocycles. The fourth-order valence-electron chi connectivity index (χ4n) is 2.86. The predicted octanol–water partition coefficient (Wildman–Crippen LogP) is 5.24. The van der Waals surface area contributed by atoms with Gasteiger partial charge < -0.3 is 10.6 Å². The van der Waals surface area contributed by atoms with Gasteiger partial charge in [0, 0.05) is 12.2 Å². The number of thiol groups is 1. The van der Waals surface area contributed by atoms with E-state index in [9.17, 15) is 14.0 Å². The Labute approximate surface area is 180 Å². The molecule has 3 amide bonds. The third-order valence-corrected chi connectivity index (χ3v) is 5.02. The molecule has 0 aromatic heterocycles. The Morgan fingerprint density at radius 2 is 1.60 bits per heavy atom. The topological polar surface area (TPSA) is 61.4 Å². The summed E-state index contributed by atoms with van der Waals surface area (Å²) in [6, 6.07) is 21.8. The molecule has 0 saturated heterocycles. The van der Waals surface area contributed by atoms with Gasteiger partial charge >= 0.3 is 6.03 Å². The predicted molar refractivity (Wildman–Crippen MR) is 121 cm³/mol. The fraction of sp³-hybridized carbons (Fsp3) is 0.130. The van der Waals surface area contributed by atoms with Gasteiger partial charge in [0.2, 0.25) is 0 Å². The zero-order valence-corrected chi connectivity index (χ0v) is 17.3. The number of halogens is 1. The summed E-state index contributed by atoms with van der Waals surface area (Å²) in [5.41, 5.74) is 2.11. The van der Waals surface area contributed by atoms with Crippen LogP contribution in [0.5, 0.6) is 0 Å². The van der Waals surface area contributed by atoms with Gasteiger partial charge in [0.15, 0.2) is 0 Å². The Kier molecular flexibility index (Phi) is 7.08. The van der Waals surface area contributed by atoms with Crippen LogP contribution < -0.4 is 14.9 Å². The van der Waals surface area contributed by atoms with Crippen molar-refractivity contribution in [3.05, 3.63) is 95.8 Å². The van der Waals surface area contributed by atoms with E-state index in [1.165, 1.54) is 22.5 Å². The number of hydrogen-bond acceptors (Lipinski definition) is 3. The third-order valence-electron chi connectivity index (χ3n) is 4.61. The first-order chi connectivity index (χ1) is 14.5. The maximum Gasteiger partial charge on any atom is 0.331 e. The molecule has 1 unspecified atom stereocenters. The lowest BCUT2D eigenvalue weighted by Crippen LogP contribution is -2.36. The van der Waals surface area contributed by atoms with Crippen LogP contribution in [-0.2, 0) is 0 Å². The minimum Gasteiger partial charge on any atom is -0.336 e. The zero-order valence-electron chi connectivity index (χ0n) is 16.4. The van der Waals surface area contributed by atoms with Gasteiger partial charge in [0.05, 0.1) is 11.3 Å². The van der Waals surface area contributed by atoms with Crippen LogP contribution in [0.4, 0.5) is 20.6 Å². The summed E-state index contributed by atoms with van der Waals surface area (Å²) in [6.45, 7) is 2.50. The molecule has 0 heterocycles. The molecule has 0 radical (unpaired) electrons. The van der Waals surface area contributed by atoms with Gasteiger partial charge in [-0.2, -0.15) is 0 Å². The molecular weight excluding hydrogens is 401 g/mol. The van der Waals surface area contributed by atoms with Crippen molar-refractivity contribution in [1.82, 2.24) is 5.32 Å². The third kappa shape index (κ3) is 5.39. The van der Waals surface area contributed by atoms with Crippen molar-refractivity contribution in [3.63, 3.8) is 0 Å². The van der Waals surface area contributed by atoms with E-state index < -0.39 is 11.7 Å². The van der Waals surface area contributed by atoms with E-state index in [0.29, 0.717) is 17.9 Å². The molecule has 3 aromatic carbocycles. The van der Waals surface area contributed by atoms with Crippen molar-refractivity contribution in [2.75, 3.05) is 16.2 Å². The second-order valence-corrected chi connectivity index (χ2v) is 7.19.